The Kier molecular flexibility index (Phi) is 7.70. The fourth-order valence-corrected chi connectivity index (χ4v) is 4.30. The number of benzene rings is 2. The fourth-order valence-electron chi connectivity index (χ4n) is 2.40. The summed E-state index contributed by atoms with van der Waals surface area (Å²) in [5, 5.41) is 2.83. The van der Waals surface area contributed by atoms with Gasteiger partial charge in [0.25, 0.3) is 10.0 Å². The van der Waals surface area contributed by atoms with Crippen LogP contribution in [0.1, 0.15) is 6.92 Å². The highest BCUT2D eigenvalue weighted by atomic mass is 32.2. The van der Waals surface area contributed by atoms with Crippen molar-refractivity contribution in [1.82, 2.24) is 5.32 Å². The first-order valence-corrected chi connectivity index (χ1v) is 10.8. The van der Waals surface area contributed by atoms with Crippen LogP contribution in [0.25, 0.3) is 0 Å². The molecule has 6 nitrogen and oxygen atoms in total. The van der Waals surface area contributed by atoms with E-state index in [-0.39, 0.29) is 22.6 Å². The van der Waals surface area contributed by atoms with Crippen LogP contribution in [0.2, 0.25) is 0 Å². The molecule has 1 amide bonds. The molecule has 0 aliphatic carbocycles. The number of carbonyl (C=O) groups excluding carboxylic acids is 1. The highest BCUT2D eigenvalue weighted by Gasteiger charge is 2.21. The summed E-state index contributed by atoms with van der Waals surface area (Å²) in [5.41, 5.74) is 0.595. The minimum absolute atomic E-state index is 0.0517. The van der Waals surface area contributed by atoms with Gasteiger partial charge in [-0.15, -0.1) is 11.8 Å². The topological polar surface area (TPSA) is 75.7 Å². The third kappa shape index (κ3) is 5.98. The van der Waals surface area contributed by atoms with E-state index in [9.17, 15) is 13.2 Å². The van der Waals surface area contributed by atoms with Gasteiger partial charge in [-0.3, -0.25) is 9.10 Å². The Morgan fingerprint density at radius 3 is 2.37 bits per heavy atom. The molecule has 146 valence electrons. The maximum absolute atomic E-state index is 12.7. The summed E-state index contributed by atoms with van der Waals surface area (Å²) in [5.74, 6) is 0.161. The van der Waals surface area contributed by atoms with Crippen molar-refractivity contribution in [3.05, 3.63) is 54.6 Å². The van der Waals surface area contributed by atoms with Crippen LogP contribution in [0.4, 0.5) is 5.69 Å². The molecular weight excluding hydrogens is 384 g/mol. The summed E-state index contributed by atoms with van der Waals surface area (Å²) in [4.78, 5) is 12.9. The molecule has 0 unspecified atom stereocenters. The Labute approximate surface area is 165 Å². The fraction of sp³-hybridized carbons (Fsp3) is 0.316. The third-order valence-corrected chi connectivity index (χ3v) is 6.61. The molecule has 0 aromatic heterocycles. The molecule has 0 spiro atoms. The highest BCUT2D eigenvalue weighted by molar-refractivity contribution is 8.00. The Bertz CT molecular complexity index is 840. The van der Waals surface area contributed by atoms with Gasteiger partial charge in [0.2, 0.25) is 5.91 Å². The SMILES string of the molecule is COC[C@H](C)NC(=O)CSc1ccc(S(=O)(=O)N(C)c2ccccc2)cc1. The first-order chi connectivity index (χ1) is 12.8. The van der Waals surface area contributed by atoms with Gasteiger partial charge in [0.1, 0.15) is 0 Å². The summed E-state index contributed by atoms with van der Waals surface area (Å²) in [6.45, 7) is 2.33. The molecule has 2 rings (SSSR count). The van der Waals surface area contributed by atoms with Gasteiger partial charge in [0.15, 0.2) is 0 Å². The quantitative estimate of drug-likeness (QED) is 0.646. The second-order valence-electron chi connectivity index (χ2n) is 5.99. The molecule has 2 aromatic rings. The van der Waals surface area contributed by atoms with Crippen LogP contribution in [0.3, 0.4) is 0 Å². The number of thioether (sulfide) groups is 1. The number of para-hydroxylation sites is 1. The summed E-state index contributed by atoms with van der Waals surface area (Å²) < 4.78 is 31.7. The molecule has 1 atom stereocenters. The predicted octanol–water partition coefficient (Wildman–Crippen LogP) is 2.75. The van der Waals surface area contributed by atoms with Crippen LogP contribution in [0.15, 0.2) is 64.4 Å². The first kappa shape index (κ1) is 21.3. The predicted molar refractivity (Wildman–Crippen MR) is 109 cm³/mol. The lowest BCUT2D eigenvalue weighted by molar-refractivity contribution is -0.119. The largest absolute Gasteiger partial charge is 0.383 e. The molecule has 0 bridgehead atoms. The maximum atomic E-state index is 12.7. The van der Waals surface area contributed by atoms with Gasteiger partial charge >= 0.3 is 0 Å². The summed E-state index contributed by atoms with van der Waals surface area (Å²) in [6, 6.07) is 15.4. The molecule has 1 N–H and O–H groups in total. The zero-order valence-electron chi connectivity index (χ0n) is 15.6. The van der Waals surface area contributed by atoms with E-state index in [2.05, 4.69) is 5.32 Å². The number of nitrogens with zero attached hydrogens (tertiary/aromatic N) is 1. The zero-order chi connectivity index (χ0) is 19.9. The third-order valence-electron chi connectivity index (χ3n) is 3.80. The molecule has 0 heterocycles. The number of carbonyl (C=O) groups is 1. The molecule has 2 aromatic carbocycles. The lowest BCUT2D eigenvalue weighted by Gasteiger charge is -2.19. The molecule has 27 heavy (non-hydrogen) atoms. The number of sulfonamides is 1. The minimum Gasteiger partial charge on any atom is -0.383 e. The van der Waals surface area contributed by atoms with E-state index in [0.29, 0.717) is 12.3 Å². The van der Waals surface area contributed by atoms with Crippen LogP contribution in [0.5, 0.6) is 0 Å². The van der Waals surface area contributed by atoms with Crippen LogP contribution in [-0.4, -0.2) is 46.9 Å². The van der Waals surface area contributed by atoms with E-state index in [0.717, 1.165) is 4.90 Å². The number of ether oxygens (including phenoxy) is 1. The molecule has 0 fully saturated rings. The van der Waals surface area contributed by atoms with Crippen molar-refractivity contribution in [2.75, 3.05) is 30.8 Å². The van der Waals surface area contributed by atoms with Crippen molar-refractivity contribution in [3.63, 3.8) is 0 Å². The second-order valence-corrected chi connectivity index (χ2v) is 9.01. The van der Waals surface area contributed by atoms with Gasteiger partial charge in [-0.1, -0.05) is 18.2 Å². The number of rotatable bonds is 9. The molecule has 8 heteroatoms. The van der Waals surface area contributed by atoms with Gasteiger partial charge in [-0.2, -0.15) is 0 Å². The molecule has 0 aliphatic rings. The highest BCUT2D eigenvalue weighted by Crippen LogP contribution is 2.24. The van der Waals surface area contributed by atoms with Crippen LogP contribution in [0, 0.1) is 0 Å². The van der Waals surface area contributed by atoms with Crippen molar-refractivity contribution in [2.45, 2.75) is 22.8 Å². The normalized spacial score (nSPS) is 12.4. The van der Waals surface area contributed by atoms with Gasteiger partial charge in [0.05, 0.1) is 22.9 Å². The number of hydrogen-bond donors (Lipinski definition) is 1. The Morgan fingerprint density at radius 1 is 1.15 bits per heavy atom. The molecule has 0 saturated carbocycles. The average Bonchev–Trinajstić information content (AvgIpc) is 2.67. The lowest BCUT2D eigenvalue weighted by Crippen LogP contribution is -2.36. The summed E-state index contributed by atoms with van der Waals surface area (Å²) >= 11 is 1.35. The monoisotopic (exact) mass is 408 g/mol. The standard InChI is InChI=1S/C19H24N2O4S2/c1-15(13-25-3)20-19(22)14-26-17-9-11-18(12-10-17)27(23,24)21(2)16-7-5-4-6-8-16/h4-12,15H,13-14H2,1-3H3,(H,20,22)/t15-/m0/s1. The van der Waals surface area contributed by atoms with Gasteiger partial charge in [-0.25, -0.2) is 8.42 Å². The number of methoxy groups -OCH3 is 1. The van der Waals surface area contributed by atoms with E-state index in [1.165, 1.54) is 23.1 Å². The summed E-state index contributed by atoms with van der Waals surface area (Å²) in [7, 11) is -0.519. The molecule has 0 saturated heterocycles. The number of amides is 1. The van der Waals surface area contributed by atoms with Crippen molar-refractivity contribution >= 4 is 33.4 Å². The molecular formula is C19H24N2O4S2. The van der Waals surface area contributed by atoms with E-state index in [1.54, 1.807) is 55.6 Å². The average molecular weight is 409 g/mol. The van der Waals surface area contributed by atoms with Crippen molar-refractivity contribution in [1.29, 1.82) is 0 Å². The van der Waals surface area contributed by atoms with Crippen molar-refractivity contribution in [2.24, 2.45) is 0 Å². The van der Waals surface area contributed by atoms with E-state index < -0.39 is 10.0 Å². The number of anilines is 1. The minimum atomic E-state index is -3.63. The van der Waals surface area contributed by atoms with E-state index >= 15 is 0 Å². The van der Waals surface area contributed by atoms with Gasteiger partial charge in [-0.05, 0) is 43.3 Å². The summed E-state index contributed by atoms with van der Waals surface area (Å²) in [6.07, 6.45) is 0. The van der Waals surface area contributed by atoms with Crippen LogP contribution < -0.4 is 9.62 Å². The Balaban J connectivity index is 1.99. The number of hydrogen-bond acceptors (Lipinski definition) is 5. The van der Waals surface area contributed by atoms with Crippen molar-refractivity contribution < 1.29 is 17.9 Å². The van der Waals surface area contributed by atoms with Crippen LogP contribution >= 0.6 is 11.8 Å². The molecule has 0 aliphatic heterocycles. The van der Waals surface area contributed by atoms with Crippen LogP contribution in [-0.2, 0) is 19.6 Å². The molecule has 0 radical (unpaired) electrons. The smallest absolute Gasteiger partial charge is 0.264 e. The number of nitrogens with one attached hydrogen (secondary N) is 1. The lowest BCUT2D eigenvalue weighted by atomic mass is 10.3. The maximum Gasteiger partial charge on any atom is 0.264 e. The Morgan fingerprint density at radius 2 is 1.78 bits per heavy atom. The zero-order valence-corrected chi connectivity index (χ0v) is 17.2. The van der Waals surface area contributed by atoms with E-state index in [4.69, 9.17) is 4.74 Å². The second kappa shape index (κ2) is 9.77. The van der Waals surface area contributed by atoms with Gasteiger partial charge < -0.3 is 10.1 Å². The first-order valence-electron chi connectivity index (χ1n) is 8.39. The van der Waals surface area contributed by atoms with Crippen molar-refractivity contribution in [3.8, 4) is 0 Å². The van der Waals surface area contributed by atoms with Gasteiger partial charge in [0, 0.05) is 25.1 Å². The Hall–Kier alpha value is -2.03. The van der Waals surface area contributed by atoms with E-state index in [1.807, 2.05) is 13.0 Å².